The normalized spacial score (nSPS) is 19.3. The quantitative estimate of drug-likeness (QED) is 0.802. The number of aromatic nitrogens is 1. The van der Waals surface area contributed by atoms with Crippen molar-refractivity contribution in [2.24, 2.45) is 0 Å². The number of hydrogen-bond acceptors (Lipinski definition) is 6. The highest BCUT2D eigenvalue weighted by atomic mass is 32.2. The van der Waals surface area contributed by atoms with Crippen molar-refractivity contribution in [3.05, 3.63) is 37.1 Å². The van der Waals surface area contributed by atoms with E-state index < -0.39 is 10.0 Å². The number of nitrogens with zero attached hydrogens (tertiary/aromatic N) is 2. The van der Waals surface area contributed by atoms with E-state index in [4.69, 9.17) is 4.52 Å². The molecule has 1 unspecified atom stereocenters. The Morgan fingerprint density at radius 1 is 1.36 bits per heavy atom. The lowest BCUT2D eigenvalue weighted by Gasteiger charge is -2.19. The minimum absolute atomic E-state index is 0.0289. The van der Waals surface area contributed by atoms with Gasteiger partial charge in [-0.3, -0.25) is 4.79 Å². The van der Waals surface area contributed by atoms with Crippen LogP contribution in [0.15, 0.2) is 45.8 Å². The number of sulfonamides is 1. The van der Waals surface area contributed by atoms with Crippen LogP contribution in [0.3, 0.4) is 0 Å². The maximum atomic E-state index is 12.9. The maximum Gasteiger partial charge on any atom is 0.252 e. The van der Waals surface area contributed by atoms with Crippen LogP contribution >= 0.6 is 11.3 Å². The van der Waals surface area contributed by atoms with E-state index in [2.05, 4.69) is 17.1 Å². The molecule has 9 heteroatoms. The molecule has 1 fully saturated rings. The average molecular weight is 381 g/mol. The van der Waals surface area contributed by atoms with E-state index in [-0.39, 0.29) is 16.2 Å². The maximum absolute atomic E-state index is 12.9. The molecule has 3 rings (SSSR count). The van der Waals surface area contributed by atoms with E-state index in [9.17, 15) is 13.2 Å². The Kier molecular flexibility index (Phi) is 5.36. The van der Waals surface area contributed by atoms with Crippen LogP contribution in [0.2, 0.25) is 0 Å². The van der Waals surface area contributed by atoms with Gasteiger partial charge < -0.3 is 9.84 Å². The van der Waals surface area contributed by atoms with Crippen LogP contribution in [0, 0.1) is 0 Å². The first-order valence-electron chi connectivity index (χ1n) is 7.94. The first-order valence-corrected chi connectivity index (χ1v) is 10.2. The first kappa shape index (κ1) is 17.8. The van der Waals surface area contributed by atoms with Gasteiger partial charge in [0, 0.05) is 25.2 Å². The van der Waals surface area contributed by atoms with Crippen LogP contribution in [-0.2, 0) is 14.8 Å². The summed E-state index contributed by atoms with van der Waals surface area (Å²) in [5.41, 5.74) is 0. The molecule has 1 saturated heterocycles. The highest BCUT2D eigenvalue weighted by Crippen LogP contribution is 2.32. The molecule has 25 heavy (non-hydrogen) atoms. The minimum atomic E-state index is -3.56. The van der Waals surface area contributed by atoms with Crippen molar-refractivity contribution in [1.82, 2.24) is 14.8 Å². The molecular weight excluding hydrogens is 362 g/mol. The van der Waals surface area contributed by atoms with E-state index in [1.807, 2.05) is 0 Å². The average Bonchev–Trinajstić information content (AvgIpc) is 3.23. The molecule has 2 aromatic rings. The fourth-order valence-corrected chi connectivity index (χ4v) is 5.69. The Morgan fingerprint density at radius 3 is 2.92 bits per heavy atom. The van der Waals surface area contributed by atoms with Gasteiger partial charge in [-0.25, -0.2) is 8.42 Å². The van der Waals surface area contributed by atoms with E-state index in [1.54, 1.807) is 18.2 Å². The molecule has 0 radical (unpaired) electrons. The first-order chi connectivity index (χ1) is 12.0. The standard InChI is InChI=1S/C16H19N3O4S2/c1-2-15(20)18-12-4-3-10-19(11-8-12)25(21,22)16-6-5-14(24-16)13-7-9-17-23-13/h2,5-7,9,12H,1,3-4,8,10-11H2,(H,18,20). The highest BCUT2D eigenvalue weighted by Gasteiger charge is 2.29. The van der Waals surface area contributed by atoms with E-state index in [0.29, 0.717) is 31.7 Å². The second-order valence-electron chi connectivity index (χ2n) is 5.74. The fraction of sp³-hybridized carbons (Fsp3) is 0.375. The van der Waals surface area contributed by atoms with Crippen molar-refractivity contribution in [2.75, 3.05) is 13.1 Å². The second-order valence-corrected chi connectivity index (χ2v) is 8.99. The van der Waals surface area contributed by atoms with Gasteiger partial charge in [0.1, 0.15) is 4.21 Å². The molecule has 0 aliphatic carbocycles. The van der Waals surface area contributed by atoms with Gasteiger partial charge in [0.15, 0.2) is 5.76 Å². The van der Waals surface area contributed by atoms with Crippen LogP contribution in [0.4, 0.5) is 0 Å². The predicted molar refractivity (Wildman–Crippen MR) is 94.6 cm³/mol. The third kappa shape index (κ3) is 4.00. The van der Waals surface area contributed by atoms with Crippen molar-refractivity contribution in [2.45, 2.75) is 29.5 Å². The van der Waals surface area contributed by atoms with Crippen molar-refractivity contribution >= 4 is 27.3 Å². The molecule has 134 valence electrons. The van der Waals surface area contributed by atoms with Crippen LogP contribution in [0.25, 0.3) is 10.6 Å². The van der Waals surface area contributed by atoms with Gasteiger partial charge in [-0.05, 0) is 37.5 Å². The molecule has 0 saturated carbocycles. The number of nitrogens with one attached hydrogen (secondary N) is 1. The topological polar surface area (TPSA) is 92.5 Å². The number of rotatable bonds is 5. The largest absolute Gasteiger partial charge is 0.355 e. The lowest BCUT2D eigenvalue weighted by atomic mass is 10.1. The molecule has 1 aliphatic heterocycles. The molecule has 7 nitrogen and oxygen atoms in total. The van der Waals surface area contributed by atoms with Crippen LogP contribution < -0.4 is 5.32 Å². The Morgan fingerprint density at radius 2 is 2.20 bits per heavy atom. The second kappa shape index (κ2) is 7.51. The molecule has 1 atom stereocenters. The Balaban J connectivity index is 1.72. The SMILES string of the molecule is C=CC(=O)NC1CCCN(S(=O)(=O)c2ccc(-c3ccno3)s2)CC1. The molecule has 0 spiro atoms. The number of amides is 1. The third-order valence-electron chi connectivity index (χ3n) is 4.08. The molecule has 1 N–H and O–H groups in total. The van der Waals surface area contributed by atoms with E-state index >= 15 is 0 Å². The minimum Gasteiger partial charge on any atom is -0.355 e. The van der Waals surface area contributed by atoms with Gasteiger partial charge in [0.2, 0.25) is 5.91 Å². The van der Waals surface area contributed by atoms with Gasteiger partial charge in [0.25, 0.3) is 10.0 Å². The zero-order valence-corrected chi connectivity index (χ0v) is 15.2. The predicted octanol–water partition coefficient (Wildman–Crippen LogP) is 2.25. The molecule has 0 aromatic carbocycles. The number of carbonyl (C=O) groups is 1. The Bertz CT molecular complexity index is 843. The van der Waals surface area contributed by atoms with Crippen molar-refractivity contribution < 1.29 is 17.7 Å². The van der Waals surface area contributed by atoms with Crippen LogP contribution in [-0.4, -0.2) is 42.9 Å². The summed E-state index contributed by atoms with van der Waals surface area (Å²) in [5, 5.41) is 6.49. The summed E-state index contributed by atoms with van der Waals surface area (Å²) < 4.78 is 32.6. The van der Waals surface area contributed by atoms with E-state index in [0.717, 1.165) is 11.3 Å². The summed E-state index contributed by atoms with van der Waals surface area (Å²) >= 11 is 1.17. The third-order valence-corrected chi connectivity index (χ3v) is 7.54. The van der Waals surface area contributed by atoms with Crippen molar-refractivity contribution in [1.29, 1.82) is 0 Å². The lowest BCUT2D eigenvalue weighted by molar-refractivity contribution is -0.117. The summed E-state index contributed by atoms with van der Waals surface area (Å²) in [6.45, 7) is 4.26. The summed E-state index contributed by atoms with van der Waals surface area (Å²) in [6, 6.07) is 4.99. The molecule has 3 heterocycles. The summed E-state index contributed by atoms with van der Waals surface area (Å²) in [7, 11) is -3.56. The van der Waals surface area contributed by atoms with Gasteiger partial charge in [-0.15, -0.1) is 11.3 Å². The lowest BCUT2D eigenvalue weighted by Crippen LogP contribution is -2.35. The van der Waals surface area contributed by atoms with Gasteiger partial charge in [-0.1, -0.05) is 11.7 Å². The molecule has 2 aromatic heterocycles. The van der Waals surface area contributed by atoms with Gasteiger partial charge in [-0.2, -0.15) is 4.31 Å². The smallest absolute Gasteiger partial charge is 0.252 e. The number of carbonyl (C=O) groups excluding carboxylic acids is 1. The van der Waals surface area contributed by atoms with Crippen molar-refractivity contribution in [3.8, 4) is 10.6 Å². The summed E-state index contributed by atoms with van der Waals surface area (Å²) in [6.07, 6.45) is 4.78. The number of hydrogen-bond donors (Lipinski definition) is 1. The monoisotopic (exact) mass is 381 g/mol. The molecular formula is C16H19N3O4S2. The van der Waals surface area contributed by atoms with E-state index in [1.165, 1.54) is 27.9 Å². The molecule has 1 aliphatic rings. The van der Waals surface area contributed by atoms with Crippen LogP contribution in [0.5, 0.6) is 0 Å². The Hall–Kier alpha value is -1.97. The summed E-state index contributed by atoms with van der Waals surface area (Å²) in [5.74, 6) is 0.325. The van der Waals surface area contributed by atoms with Crippen LogP contribution in [0.1, 0.15) is 19.3 Å². The van der Waals surface area contributed by atoms with Crippen molar-refractivity contribution in [3.63, 3.8) is 0 Å². The number of thiophene rings is 1. The Labute approximate surface area is 150 Å². The van der Waals surface area contributed by atoms with Gasteiger partial charge in [0.05, 0.1) is 11.1 Å². The molecule has 1 amide bonds. The zero-order chi connectivity index (χ0) is 17.9. The summed E-state index contributed by atoms with van der Waals surface area (Å²) in [4.78, 5) is 12.2. The molecule has 0 bridgehead atoms. The fourth-order valence-electron chi connectivity index (χ4n) is 2.78. The van der Waals surface area contributed by atoms with Gasteiger partial charge >= 0.3 is 0 Å². The zero-order valence-electron chi connectivity index (χ0n) is 13.6. The highest BCUT2D eigenvalue weighted by molar-refractivity contribution is 7.91.